The predicted molar refractivity (Wildman–Crippen MR) is 111 cm³/mol. The zero-order chi connectivity index (χ0) is 20.4. The Kier molecular flexibility index (Phi) is 5.74. The molecule has 1 unspecified atom stereocenters. The summed E-state index contributed by atoms with van der Waals surface area (Å²) in [4.78, 5) is 28.6. The van der Waals surface area contributed by atoms with Crippen LogP contribution in [0.25, 0.3) is 0 Å². The van der Waals surface area contributed by atoms with E-state index in [1.54, 1.807) is 4.90 Å². The molecule has 29 heavy (non-hydrogen) atoms. The fourth-order valence-corrected chi connectivity index (χ4v) is 6.81. The minimum atomic E-state index is -3.14. The van der Waals surface area contributed by atoms with Gasteiger partial charge >= 0.3 is 5.97 Å². The molecule has 0 spiro atoms. The van der Waals surface area contributed by atoms with E-state index in [1.807, 2.05) is 36.4 Å². The second-order valence-corrected chi connectivity index (χ2v) is 10.9. The van der Waals surface area contributed by atoms with Crippen molar-refractivity contribution < 1.29 is 22.7 Å². The van der Waals surface area contributed by atoms with Crippen molar-refractivity contribution in [3.05, 3.63) is 57.3 Å². The van der Waals surface area contributed by atoms with E-state index < -0.39 is 21.8 Å². The molecule has 2 aromatic rings. The number of amides is 1. The summed E-state index contributed by atoms with van der Waals surface area (Å²) >= 11 is 1.44. The van der Waals surface area contributed by atoms with E-state index >= 15 is 0 Å². The van der Waals surface area contributed by atoms with Crippen LogP contribution in [0.3, 0.4) is 0 Å². The number of thiophene rings is 1. The van der Waals surface area contributed by atoms with Crippen LogP contribution in [0.15, 0.2) is 36.4 Å². The van der Waals surface area contributed by atoms with Crippen molar-refractivity contribution >= 4 is 33.1 Å². The molecule has 0 N–H and O–H groups in total. The fourth-order valence-electron chi connectivity index (χ4n) is 3.93. The van der Waals surface area contributed by atoms with Crippen molar-refractivity contribution in [2.45, 2.75) is 38.3 Å². The average Bonchev–Trinajstić information content (AvgIpc) is 3.39. The molecule has 1 saturated heterocycles. The second kappa shape index (κ2) is 8.28. The number of carbonyl (C=O) groups is 2. The summed E-state index contributed by atoms with van der Waals surface area (Å²) < 4.78 is 29.1. The highest BCUT2D eigenvalue weighted by Gasteiger charge is 2.35. The van der Waals surface area contributed by atoms with Gasteiger partial charge in [0.05, 0.1) is 11.5 Å². The van der Waals surface area contributed by atoms with Gasteiger partial charge in [-0.15, -0.1) is 11.3 Å². The van der Waals surface area contributed by atoms with Crippen molar-refractivity contribution in [1.82, 2.24) is 4.90 Å². The Morgan fingerprint density at radius 1 is 1.17 bits per heavy atom. The van der Waals surface area contributed by atoms with Gasteiger partial charge in [-0.05, 0) is 42.9 Å². The first-order chi connectivity index (χ1) is 13.9. The second-order valence-electron chi connectivity index (χ2n) is 7.55. The molecule has 1 aliphatic carbocycles. The largest absolute Gasteiger partial charge is 0.451 e. The van der Waals surface area contributed by atoms with Crippen LogP contribution in [0.2, 0.25) is 0 Å². The van der Waals surface area contributed by atoms with Gasteiger partial charge < -0.3 is 9.64 Å². The lowest BCUT2D eigenvalue weighted by atomic mass is 10.1. The van der Waals surface area contributed by atoms with E-state index in [-0.39, 0.29) is 24.0 Å². The van der Waals surface area contributed by atoms with Crippen molar-refractivity contribution in [3.8, 4) is 0 Å². The third-order valence-electron chi connectivity index (χ3n) is 5.44. The maximum Gasteiger partial charge on any atom is 0.348 e. The SMILES string of the molecule is O=C(OCC(=O)N(Cc1ccccc1)C1CCS(=O)(=O)C1)c1cc2c(s1)CCC2. The van der Waals surface area contributed by atoms with Gasteiger partial charge in [0.15, 0.2) is 16.4 Å². The number of ether oxygens (including phenoxy) is 1. The average molecular weight is 434 g/mol. The lowest BCUT2D eigenvalue weighted by Gasteiger charge is -2.28. The van der Waals surface area contributed by atoms with Gasteiger partial charge in [0, 0.05) is 17.5 Å². The topological polar surface area (TPSA) is 80.8 Å². The quantitative estimate of drug-likeness (QED) is 0.654. The van der Waals surface area contributed by atoms with Crippen LogP contribution in [0, 0.1) is 0 Å². The molecule has 1 fully saturated rings. The van der Waals surface area contributed by atoms with Gasteiger partial charge in [-0.3, -0.25) is 4.79 Å². The molecule has 154 valence electrons. The van der Waals surface area contributed by atoms with E-state index in [2.05, 4.69) is 0 Å². The van der Waals surface area contributed by atoms with E-state index in [0.717, 1.165) is 24.8 Å². The van der Waals surface area contributed by atoms with Gasteiger partial charge in [-0.1, -0.05) is 30.3 Å². The fraction of sp³-hybridized carbons (Fsp3) is 0.429. The molecule has 8 heteroatoms. The number of benzene rings is 1. The molecular weight excluding hydrogens is 410 g/mol. The van der Waals surface area contributed by atoms with Crippen LogP contribution < -0.4 is 0 Å². The Morgan fingerprint density at radius 2 is 1.97 bits per heavy atom. The third kappa shape index (κ3) is 4.70. The first-order valence-electron chi connectivity index (χ1n) is 9.74. The molecule has 1 aliphatic heterocycles. The lowest BCUT2D eigenvalue weighted by Crippen LogP contribution is -2.42. The molecule has 2 aliphatic rings. The number of sulfone groups is 1. The molecule has 2 heterocycles. The Balaban J connectivity index is 1.43. The van der Waals surface area contributed by atoms with Gasteiger partial charge in [0.1, 0.15) is 4.88 Å². The third-order valence-corrected chi connectivity index (χ3v) is 8.41. The van der Waals surface area contributed by atoms with E-state index in [1.165, 1.54) is 21.8 Å². The Hall–Kier alpha value is -2.19. The number of esters is 1. The number of hydrogen-bond acceptors (Lipinski definition) is 6. The minimum absolute atomic E-state index is 0.0445. The lowest BCUT2D eigenvalue weighted by molar-refractivity contribution is -0.137. The summed E-state index contributed by atoms with van der Waals surface area (Å²) in [5.41, 5.74) is 2.11. The number of nitrogens with zero attached hydrogens (tertiary/aromatic N) is 1. The minimum Gasteiger partial charge on any atom is -0.451 e. The van der Waals surface area contributed by atoms with Crippen molar-refractivity contribution in [1.29, 1.82) is 0 Å². The van der Waals surface area contributed by atoms with Crippen molar-refractivity contribution in [2.75, 3.05) is 18.1 Å². The first kappa shape index (κ1) is 20.1. The summed E-state index contributed by atoms with van der Waals surface area (Å²) in [6.07, 6.45) is 3.51. The van der Waals surface area contributed by atoms with E-state index in [0.29, 0.717) is 17.8 Å². The zero-order valence-corrected chi connectivity index (χ0v) is 17.6. The van der Waals surface area contributed by atoms with Gasteiger partial charge in [-0.25, -0.2) is 13.2 Å². The molecule has 1 atom stereocenters. The summed E-state index contributed by atoms with van der Waals surface area (Å²) in [6.45, 7) is -0.0878. The van der Waals surface area contributed by atoms with E-state index in [9.17, 15) is 18.0 Å². The highest BCUT2D eigenvalue weighted by molar-refractivity contribution is 7.91. The highest BCUT2D eigenvalue weighted by atomic mass is 32.2. The Labute approximate surface area is 174 Å². The molecule has 4 rings (SSSR count). The van der Waals surface area contributed by atoms with E-state index in [4.69, 9.17) is 4.74 Å². The van der Waals surface area contributed by atoms with Crippen LogP contribution in [0.4, 0.5) is 0 Å². The predicted octanol–water partition coefficient (Wildman–Crippen LogP) is 2.61. The highest BCUT2D eigenvalue weighted by Crippen LogP contribution is 2.31. The van der Waals surface area contributed by atoms with Crippen LogP contribution in [-0.4, -0.2) is 49.3 Å². The van der Waals surface area contributed by atoms with Crippen LogP contribution in [0.1, 0.15) is 38.5 Å². The molecule has 1 aromatic heterocycles. The summed E-state index contributed by atoms with van der Waals surface area (Å²) in [5, 5.41) is 0. The molecule has 1 amide bonds. The summed E-state index contributed by atoms with van der Waals surface area (Å²) in [5.74, 6) is -0.821. The maximum absolute atomic E-state index is 12.9. The van der Waals surface area contributed by atoms with Crippen molar-refractivity contribution in [2.24, 2.45) is 0 Å². The number of rotatable bonds is 6. The standard InChI is InChI=1S/C21H23NO5S2/c23-20(13-27-21(24)19-11-16-7-4-8-18(16)28-19)22(12-15-5-2-1-3-6-15)17-9-10-29(25,26)14-17/h1-3,5-6,11,17H,4,7-10,12-14H2. The van der Waals surface area contributed by atoms with Gasteiger partial charge in [-0.2, -0.15) is 0 Å². The molecule has 0 saturated carbocycles. The molecule has 6 nitrogen and oxygen atoms in total. The number of fused-ring (bicyclic) bond motifs is 1. The molecule has 0 radical (unpaired) electrons. The van der Waals surface area contributed by atoms with Crippen LogP contribution in [0.5, 0.6) is 0 Å². The number of hydrogen-bond donors (Lipinski definition) is 0. The normalized spacial score (nSPS) is 19.7. The van der Waals surface area contributed by atoms with Gasteiger partial charge in [0.25, 0.3) is 5.91 Å². The zero-order valence-electron chi connectivity index (χ0n) is 16.0. The Bertz CT molecular complexity index is 991. The smallest absolute Gasteiger partial charge is 0.348 e. The molecular formula is C21H23NO5S2. The Morgan fingerprint density at radius 3 is 2.66 bits per heavy atom. The van der Waals surface area contributed by atoms with Gasteiger partial charge in [0.2, 0.25) is 0 Å². The monoisotopic (exact) mass is 433 g/mol. The van der Waals surface area contributed by atoms with Crippen LogP contribution >= 0.6 is 11.3 Å². The number of aryl methyl sites for hydroxylation is 2. The van der Waals surface area contributed by atoms with Crippen LogP contribution in [-0.2, 0) is 38.8 Å². The maximum atomic E-state index is 12.9. The summed E-state index contributed by atoms with van der Waals surface area (Å²) in [6, 6.07) is 10.9. The first-order valence-corrected chi connectivity index (χ1v) is 12.4. The molecule has 0 bridgehead atoms. The molecule has 1 aromatic carbocycles. The summed E-state index contributed by atoms with van der Waals surface area (Å²) in [7, 11) is -3.14. The number of carbonyl (C=O) groups excluding carboxylic acids is 2. The van der Waals surface area contributed by atoms with Crippen molar-refractivity contribution in [3.63, 3.8) is 0 Å².